The van der Waals surface area contributed by atoms with E-state index in [1.165, 1.54) is 4.68 Å². The maximum atomic E-state index is 11.2. The molecule has 0 atom stereocenters. The minimum absolute atomic E-state index is 0.0674. The van der Waals surface area contributed by atoms with Gasteiger partial charge in [-0.05, 0) is 28.7 Å². The molecule has 6 heteroatoms. The van der Waals surface area contributed by atoms with Crippen molar-refractivity contribution in [3.05, 3.63) is 52.0 Å². The van der Waals surface area contributed by atoms with Crippen LogP contribution in [0, 0.1) is 0 Å². The molecule has 2 rings (SSSR count). The minimum Gasteiger partial charge on any atom is -0.298 e. The number of benzene rings is 1. The third-order valence-electron chi connectivity index (χ3n) is 2.73. The van der Waals surface area contributed by atoms with E-state index in [2.05, 4.69) is 15.1 Å². The summed E-state index contributed by atoms with van der Waals surface area (Å²) in [5.41, 5.74) is 10.4. The van der Waals surface area contributed by atoms with Crippen LogP contribution in [-0.4, -0.2) is 16.1 Å². The Kier molecular flexibility index (Phi) is 3.63. The first-order valence-corrected chi connectivity index (χ1v) is 5.87. The Bertz CT molecular complexity index is 639. The largest absolute Gasteiger partial charge is 0.298 e. The van der Waals surface area contributed by atoms with Gasteiger partial charge in [-0.3, -0.25) is 4.79 Å². The van der Waals surface area contributed by atoms with Gasteiger partial charge in [-0.1, -0.05) is 32.0 Å². The van der Waals surface area contributed by atoms with Crippen LogP contribution in [0.15, 0.2) is 35.4 Å². The predicted octanol–water partition coefficient (Wildman–Crippen LogP) is 3.75. The third kappa shape index (κ3) is 2.34. The Morgan fingerprint density at radius 2 is 2.05 bits per heavy atom. The van der Waals surface area contributed by atoms with Crippen molar-refractivity contribution in [3.8, 4) is 5.69 Å². The summed E-state index contributed by atoms with van der Waals surface area (Å²) in [6.45, 7) is 3.87. The Morgan fingerprint density at radius 3 is 2.58 bits per heavy atom. The Morgan fingerprint density at radius 1 is 1.37 bits per heavy atom. The van der Waals surface area contributed by atoms with E-state index >= 15 is 0 Å². The van der Waals surface area contributed by atoms with Gasteiger partial charge in [0.2, 0.25) is 0 Å². The molecular weight excluding hydrogens is 242 g/mol. The molecule has 1 aromatic heterocycles. The first kappa shape index (κ1) is 12.9. The highest BCUT2D eigenvalue weighted by Gasteiger charge is 2.19. The zero-order valence-electron chi connectivity index (χ0n) is 10.7. The molecule has 0 bridgehead atoms. The Balaban J connectivity index is 2.73. The van der Waals surface area contributed by atoms with Crippen molar-refractivity contribution >= 4 is 12.1 Å². The lowest BCUT2D eigenvalue weighted by Crippen LogP contribution is -1.97. The smallest absolute Gasteiger partial charge is 0.154 e. The maximum absolute atomic E-state index is 11.2. The summed E-state index contributed by atoms with van der Waals surface area (Å²) in [4.78, 5) is 14.0. The molecule has 0 saturated carbocycles. The fourth-order valence-corrected chi connectivity index (χ4v) is 1.86. The van der Waals surface area contributed by atoms with Crippen LogP contribution in [0.25, 0.3) is 16.1 Å². The van der Waals surface area contributed by atoms with Gasteiger partial charge in [0, 0.05) is 4.91 Å². The van der Waals surface area contributed by atoms with Gasteiger partial charge >= 0.3 is 0 Å². The van der Waals surface area contributed by atoms with Crippen LogP contribution in [0.5, 0.6) is 0 Å². The van der Waals surface area contributed by atoms with Crippen LogP contribution in [0.3, 0.4) is 0 Å². The molecule has 0 fully saturated rings. The predicted molar refractivity (Wildman–Crippen MR) is 71.8 cm³/mol. The highest BCUT2D eigenvalue weighted by Crippen LogP contribution is 2.29. The average molecular weight is 255 g/mol. The summed E-state index contributed by atoms with van der Waals surface area (Å²) in [5, 5.41) is 8.00. The molecule has 0 amide bonds. The quantitative estimate of drug-likeness (QED) is 0.360. The standard InChI is InChI=1S/C13H13N5O/c1-9(2)12-11(8-19)13(15-17-14)18(16-12)10-6-4-3-5-7-10/h3-9H,1-2H3. The summed E-state index contributed by atoms with van der Waals surface area (Å²) in [6.07, 6.45) is 0.686. The number of rotatable bonds is 4. The number of aromatic nitrogens is 2. The summed E-state index contributed by atoms with van der Waals surface area (Å²) in [5.74, 6) is 0.296. The minimum atomic E-state index is 0.0674. The van der Waals surface area contributed by atoms with Gasteiger partial charge < -0.3 is 0 Å². The van der Waals surface area contributed by atoms with Crippen LogP contribution < -0.4 is 0 Å². The molecule has 0 aliphatic rings. The fraction of sp³-hybridized carbons (Fsp3) is 0.231. The van der Waals surface area contributed by atoms with Gasteiger partial charge in [-0.15, -0.1) is 0 Å². The maximum Gasteiger partial charge on any atom is 0.154 e. The molecule has 0 unspecified atom stereocenters. The molecular formula is C13H13N5O. The van der Waals surface area contributed by atoms with E-state index in [0.717, 1.165) is 5.69 Å². The lowest BCUT2D eigenvalue weighted by atomic mass is 10.1. The second-order valence-corrected chi connectivity index (χ2v) is 4.33. The lowest BCUT2D eigenvalue weighted by Gasteiger charge is -2.03. The number of nitrogens with zero attached hydrogens (tertiary/aromatic N) is 5. The molecule has 0 N–H and O–H groups in total. The molecule has 19 heavy (non-hydrogen) atoms. The Labute approximate surface area is 110 Å². The van der Waals surface area contributed by atoms with Crippen molar-refractivity contribution in [2.24, 2.45) is 5.11 Å². The van der Waals surface area contributed by atoms with E-state index in [-0.39, 0.29) is 11.7 Å². The van der Waals surface area contributed by atoms with E-state index in [0.29, 0.717) is 17.5 Å². The monoisotopic (exact) mass is 255 g/mol. The van der Waals surface area contributed by atoms with Crippen molar-refractivity contribution in [1.29, 1.82) is 0 Å². The average Bonchev–Trinajstić information content (AvgIpc) is 2.79. The summed E-state index contributed by atoms with van der Waals surface area (Å²) in [6, 6.07) is 9.26. The lowest BCUT2D eigenvalue weighted by molar-refractivity contribution is 0.112. The number of azide groups is 1. The summed E-state index contributed by atoms with van der Waals surface area (Å²) >= 11 is 0. The third-order valence-corrected chi connectivity index (χ3v) is 2.73. The first-order chi connectivity index (χ1) is 9.19. The number of aldehydes is 1. The topological polar surface area (TPSA) is 83.7 Å². The summed E-state index contributed by atoms with van der Waals surface area (Å²) in [7, 11) is 0. The zero-order chi connectivity index (χ0) is 13.8. The van der Waals surface area contributed by atoms with Gasteiger partial charge in [0.05, 0.1) is 16.9 Å². The molecule has 0 spiro atoms. The molecule has 6 nitrogen and oxygen atoms in total. The molecule has 1 aromatic carbocycles. The summed E-state index contributed by atoms with van der Waals surface area (Å²) < 4.78 is 1.50. The van der Waals surface area contributed by atoms with Crippen molar-refractivity contribution in [1.82, 2.24) is 9.78 Å². The number of carbonyl (C=O) groups is 1. The van der Waals surface area contributed by atoms with Gasteiger partial charge in [0.1, 0.15) is 5.82 Å². The van der Waals surface area contributed by atoms with Gasteiger partial charge in [-0.2, -0.15) is 5.10 Å². The van der Waals surface area contributed by atoms with Crippen LogP contribution >= 0.6 is 0 Å². The fourth-order valence-electron chi connectivity index (χ4n) is 1.86. The Hall–Kier alpha value is -2.59. The second kappa shape index (κ2) is 5.37. The number of para-hydroxylation sites is 1. The molecule has 0 aliphatic carbocycles. The van der Waals surface area contributed by atoms with Crippen LogP contribution in [-0.2, 0) is 0 Å². The molecule has 1 heterocycles. The van der Waals surface area contributed by atoms with E-state index < -0.39 is 0 Å². The molecule has 0 radical (unpaired) electrons. The highest BCUT2D eigenvalue weighted by molar-refractivity contribution is 5.84. The van der Waals surface area contributed by atoms with E-state index in [1.54, 1.807) is 0 Å². The second-order valence-electron chi connectivity index (χ2n) is 4.33. The van der Waals surface area contributed by atoms with E-state index in [4.69, 9.17) is 5.53 Å². The molecule has 96 valence electrons. The molecule has 0 saturated heterocycles. The van der Waals surface area contributed by atoms with Crippen molar-refractivity contribution in [2.45, 2.75) is 19.8 Å². The van der Waals surface area contributed by atoms with Crippen LogP contribution in [0.1, 0.15) is 35.8 Å². The number of hydrogen-bond donors (Lipinski definition) is 0. The van der Waals surface area contributed by atoms with Gasteiger partial charge in [0.25, 0.3) is 0 Å². The molecule has 0 aliphatic heterocycles. The zero-order valence-corrected chi connectivity index (χ0v) is 10.7. The first-order valence-electron chi connectivity index (χ1n) is 5.87. The van der Waals surface area contributed by atoms with E-state index in [1.807, 2.05) is 44.2 Å². The van der Waals surface area contributed by atoms with Crippen molar-refractivity contribution in [3.63, 3.8) is 0 Å². The van der Waals surface area contributed by atoms with Gasteiger partial charge in [0.15, 0.2) is 6.29 Å². The number of hydrogen-bond acceptors (Lipinski definition) is 3. The number of carbonyl (C=O) groups excluding carboxylic acids is 1. The SMILES string of the molecule is CC(C)c1nn(-c2ccccc2)c(N=[N+]=[N-])c1C=O. The van der Waals surface area contributed by atoms with Gasteiger partial charge in [-0.25, -0.2) is 4.68 Å². The van der Waals surface area contributed by atoms with Crippen molar-refractivity contribution < 1.29 is 4.79 Å². The van der Waals surface area contributed by atoms with Crippen molar-refractivity contribution in [2.75, 3.05) is 0 Å². The normalized spacial score (nSPS) is 10.3. The highest BCUT2D eigenvalue weighted by atomic mass is 16.1. The van der Waals surface area contributed by atoms with Crippen LogP contribution in [0.2, 0.25) is 0 Å². The van der Waals surface area contributed by atoms with Crippen LogP contribution in [0.4, 0.5) is 5.82 Å². The molecule has 2 aromatic rings. The van der Waals surface area contributed by atoms with E-state index in [9.17, 15) is 4.79 Å².